The molecular formula is C16H33NO. The maximum absolute atomic E-state index is 5.34. The first kappa shape index (κ1) is 16.0. The minimum Gasteiger partial charge on any atom is -0.373 e. The third-order valence-corrected chi connectivity index (χ3v) is 4.06. The van der Waals surface area contributed by atoms with Gasteiger partial charge in [0, 0.05) is 6.04 Å². The third kappa shape index (κ3) is 8.10. The maximum atomic E-state index is 5.34. The van der Waals surface area contributed by atoms with Crippen LogP contribution in [0.1, 0.15) is 71.1 Å². The van der Waals surface area contributed by atoms with E-state index in [2.05, 4.69) is 25.9 Å². The number of epoxide rings is 1. The van der Waals surface area contributed by atoms with E-state index in [0.717, 1.165) is 12.6 Å². The fourth-order valence-electron chi connectivity index (χ4n) is 2.61. The summed E-state index contributed by atoms with van der Waals surface area (Å²) in [5.74, 6) is 0. The molecule has 0 spiro atoms. The zero-order valence-corrected chi connectivity index (χ0v) is 12.8. The first-order valence-electron chi connectivity index (χ1n) is 8.02. The lowest BCUT2D eigenvalue weighted by molar-refractivity contribution is 0.235. The van der Waals surface area contributed by atoms with E-state index in [9.17, 15) is 0 Å². The van der Waals surface area contributed by atoms with E-state index in [4.69, 9.17) is 4.74 Å². The highest BCUT2D eigenvalue weighted by atomic mass is 16.6. The van der Waals surface area contributed by atoms with Crippen LogP contribution in [0.4, 0.5) is 0 Å². The van der Waals surface area contributed by atoms with Gasteiger partial charge in [-0.1, -0.05) is 58.3 Å². The summed E-state index contributed by atoms with van der Waals surface area (Å²) in [6.07, 6.45) is 14.5. The number of rotatable bonds is 12. The summed E-state index contributed by atoms with van der Waals surface area (Å²) in [5.41, 5.74) is 0. The van der Waals surface area contributed by atoms with Gasteiger partial charge in [0.1, 0.15) is 0 Å². The lowest BCUT2D eigenvalue weighted by Gasteiger charge is -2.23. The van der Waals surface area contributed by atoms with Crippen LogP contribution in [0, 0.1) is 0 Å². The van der Waals surface area contributed by atoms with Gasteiger partial charge in [-0.05, 0) is 26.9 Å². The molecule has 2 atom stereocenters. The Hall–Kier alpha value is -0.0800. The van der Waals surface area contributed by atoms with E-state index in [-0.39, 0.29) is 0 Å². The molecule has 1 saturated heterocycles. The lowest BCUT2D eigenvalue weighted by Crippen LogP contribution is -2.29. The van der Waals surface area contributed by atoms with Crippen molar-refractivity contribution >= 4 is 0 Å². The molecule has 2 nitrogen and oxygen atoms in total. The van der Waals surface area contributed by atoms with Gasteiger partial charge in [-0.25, -0.2) is 0 Å². The molecule has 1 aliphatic heterocycles. The number of hydrogen-bond donors (Lipinski definition) is 0. The van der Waals surface area contributed by atoms with Gasteiger partial charge in [-0.15, -0.1) is 0 Å². The zero-order chi connectivity index (χ0) is 13.2. The zero-order valence-electron chi connectivity index (χ0n) is 12.8. The molecule has 0 N–H and O–H groups in total. The standard InChI is InChI=1S/C16H33NO/c1-4-5-6-7-8-9-10-11-12-15(17(2)3)13-16-14-18-16/h15-16H,4-14H2,1-3H3. The number of hydrogen-bond acceptors (Lipinski definition) is 2. The summed E-state index contributed by atoms with van der Waals surface area (Å²) in [5, 5.41) is 0. The summed E-state index contributed by atoms with van der Waals surface area (Å²) in [6.45, 7) is 3.28. The average Bonchev–Trinajstić information content (AvgIpc) is 3.14. The molecule has 0 aromatic heterocycles. The Morgan fingerprint density at radius 2 is 1.56 bits per heavy atom. The Balaban J connectivity index is 1.90. The molecule has 1 rings (SSSR count). The molecule has 18 heavy (non-hydrogen) atoms. The molecule has 0 aromatic carbocycles. The second-order valence-electron chi connectivity index (χ2n) is 6.07. The summed E-state index contributed by atoms with van der Waals surface area (Å²) in [7, 11) is 4.41. The van der Waals surface area contributed by atoms with Crippen LogP contribution in [0.15, 0.2) is 0 Å². The van der Waals surface area contributed by atoms with Crippen molar-refractivity contribution < 1.29 is 4.74 Å². The molecule has 2 unspecified atom stereocenters. The predicted octanol–water partition coefficient (Wildman–Crippen LogP) is 4.24. The van der Waals surface area contributed by atoms with Gasteiger partial charge in [0.2, 0.25) is 0 Å². The predicted molar refractivity (Wildman–Crippen MR) is 79.1 cm³/mol. The van der Waals surface area contributed by atoms with Crippen LogP contribution in [-0.2, 0) is 4.74 Å². The van der Waals surface area contributed by atoms with Crippen molar-refractivity contribution in [1.82, 2.24) is 4.90 Å². The van der Waals surface area contributed by atoms with Crippen LogP contribution >= 0.6 is 0 Å². The Kier molecular flexibility index (Phi) is 8.70. The number of unbranched alkanes of at least 4 members (excludes halogenated alkanes) is 7. The topological polar surface area (TPSA) is 15.8 Å². The second kappa shape index (κ2) is 9.80. The van der Waals surface area contributed by atoms with E-state index in [1.54, 1.807) is 0 Å². The van der Waals surface area contributed by atoms with Crippen molar-refractivity contribution in [1.29, 1.82) is 0 Å². The summed E-state index contributed by atoms with van der Waals surface area (Å²) < 4.78 is 5.34. The smallest absolute Gasteiger partial charge is 0.0824 e. The highest BCUT2D eigenvalue weighted by Crippen LogP contribution is 2.21. The summed E-state index contributed by atoms with van der Waals surface area (Å²) >= 11 is 0. The second-order valence-corrected chi connectivity index (χ2v) is 6.07. The van der Waals surface area contributed by atoms with E-state index in [1.807, 2.05) is 0 Å². The van der Waals surface area contributed by atoms with Crippen molar-refractivity contribution in [2.24, 2.45) is 0 Å². The Morgan fingerprint density at radius 1 is 1.00 bits per heavy atom. The highest BCUT2D eigenvalue weighted by Gasteiger charge is 2.27. The van der Waals surface area contributed by atoms with Crippen molar-refractivity contribution in [3.63, 3.8) is 0 Å². The minimum absolute atomic E-state index is 0.575. The van der Waals surface area contributed by atoms with Gasteiger partial charge < -0.3 is 9.64 Å². The lowest BCUT2D eigenvalue weighted by atomic mass is 10.0. The highest BCUT2D eigenvalue weighted by molar-refractivity contribution is 4.78. The van der Waals surface area contributed by atoms with Gasteiger partial charge in [-0.3, -0.25) is 0 Å². The molecule has 0 radical (unpaired) electrons. The molecule has 108 valence electrons. The number of ether oxygens (including phenoxy) is 1. The van der Waals surface area contributed by atoms with Gasteiger partial charge in [-0.2, -0.15) is 0 Å². The van der Waals surface area contributed by atoms with Gasteiger partial charge in [0.05, 0.1) is 12.7 Å². The van der Waals surface area contributed by atoms with Crippen molar-refractivity contribution in [3.05, 3.63) is 0 Å². The minimum atomic E-state index is 0.575. The number of nitrogens with zero attached hydrogens (tertiary/aromatic N) is 1. The van der Waals surface area contributed by atoms with E-state index in [0.29, 0.717) is 6.10 Å². The largest absolute Gasteiger partial charge is 0.373 e. The first-order chi connectivity index (χ1) is 8.74. The fraction of sp³-hybridized carbons (Fsp3) is 1.00. The molecule has 0 saturated carbocycles. The molecule has 1 fully saturated rings. The molecule has 0 aliphatic carbocycles. The van der Waals surface area contributed by atoms with Gasteiger partial charge >= 0.3 is 0 Å². The van der Waals surface area contributed by atoms with Crippen LogP contribution in [-0.4, -0.2) is 37.7 Å². The Bertz CT molecular complexity index is 190. The third-order valence-electron chi connectivity index (χ3n) is 4.06. The van der Waals surface area contributed by atoms with Crippen LogP contribution in [0.25, 0.3) is 0 Å². The average molecular weight is 255 g/mol. The normalized spacial score (nSPS) is 20.3. The Labute approximate surface area is 114 Å². The monoisotopic (exact) mass is 255 g/mol. The van der Waals surface area contributed by atoms with Crippen LogP contribution in [0.5, 0.6) is 0 Å². The van der Waals surface area contributed by atoms with Gasteiger partial charge in [0.15, 0.2) is 0 Å². The molecule has 2 heteroatoms. The molecule has 0 bridgehead atoms. The van der Waals surface area contributed by atoms with Crippen LogP contribution in [0.2, 0.25) is 0 Å². The summed E-state index contributed by atoms with van der Waals surface area (Å²) in [6, 6.07) is 0.734. The summed E-state index contributed by atoms with van der Waals surface area (Å²) in [4.78, 5) is 2.38. The molecular weight excluding hydrogens is 222 g/mol. The fourth-order valence-corrected chi connectivity index (χ4v) is 2.61. The molecule has 1 heterocycles. The van der Waals surface area contributed by atoms with Crippen LogP contribution in [0.3, 0.4) is 0 Å². The quantitative estimate of drug-likeness (QED) is 0.383. The van der Waals surface area contributed by atoms with E-state index >= 15 is 0 Å². The van der Waals surface area contributed by atoms with Crippen molar-refractivity contribution in [2.75, 3.05) is 20.7 Å². The maximum Gasteiger partial charge on any atom is 0.0824 e. The van der Waals surface area contributed by atoms with Crippen molar-refractivity contribution in [2.45, 2.75) is 83.3 Å². The van der Waals surface area contributed by atoms with E-state index in [1.165, 1.54) is 64.2 Å². The van der Waals surface area contributed by atoms with Crippen LogP contribution < -0.4 is 0 Å². The molecule has 0 amide bonds. The molecule has 1 aliphatic rings. The van der Waals surface area contributed by atoms with Crippen molar-refractivity contribution in [3.8, 4) is 0 Å². The molecule has 0 aromatic rings. The van der Waals surface area contributed by atoms with E-state index < -0.39 is 0 Å². The Morgan fingerprint density at radius 3 is 2.06 bits per heavy atom. The SMILES string of the molecule is CCCCCCCCCCC(CC1CO1)N(C)C. The van der Waals surface area contributed by atoms with Gasteiger partial charge in [0.25, 0.3) is 0 Å². The first-order valence-corrected chi connectivity index (χ1v) is 8.02.